The van der Waals surface area contributed by atoms with Crippen molar-refractivity contribution in [1.82, 2.24) is 0 Å². The fraction of sp³-hybridized carbons (Fsp3) is 0.833. The summed E-state index contributed by atoms with van der Waals surface area (Å²) in [6.07, 6.45) is -0.550. The molecule has 0 aromatic heterocycles. The quantitative estimate of drug-likeness (QED) is 0.369. The zero-order valence-electron chi connectivity index (χ0n) is 11.2. The highest BCUT2D eigenvalue weighted by atomic mass is 16.7. The molecule has 0 fully saturated rings. The molecule has 5 nitrogen and oxygen atoms in total. The van der Waals surface area contributed by atoms with Gasteiger partial charge in [-0.15, -0.1) is 0 Å². The van der Waals surface area contributed by atoms with Gasteiger partial charge in [-0.05, 0) is 27.7 Å². The van der Waals surface area contributed by atoms with Crippen LogP contribution in [0.15, 0.2) is 0 Å². The lowest BCUT2D eigenvalue weighted by Crippen LogP contribution is -2.37. The van der Waals surface area contributed by atoms with Crippen LogP contribution in [0.5, 0.6) is 0 Å². The number of esters is 1. The summed E-state index contributed by atoms with van der Waals surface area (Å²) in [5.41, 5.74) is -1.17. The van der Waals surface area contributed by atoms with Crippen LogP contribution in [-0.2, 0) is 23.8 Å². The molecule has 0 spiro atoms. The minimum Gasteiger partial charge on any atom is -0.468 e. The highest BCUT2D eigenvalue weighted by molar-refractivity contribution is 6.03. The molecule has 0 aliphatic carbocycles. The van der Waals surface area contributed by atoms with Gasteiger partial charge in [0.15, 0.2) is 12.1 Å². The molecule has 0 radical (unpaired) electrons. The second kappa shape index (κ2) is 7.40. The first kappa shape index (κ1) is 16.1. The number of ether oxygens (including phenoxy) is 3. The van der Waals surface area contributed by atoms with E-state index in [9.17, 15) is 9.59 Å². The van der Waals surface area contributed by atoms with Crippen LogP contribution < -0.4 is 0 Å². The van der Waals surface area contributed by atoms with Crippen molar-refractivity contribution in [3.8, 4) is 0 Å². The molecule has 0 unspecified atom stereocenters. The Bertz CT molecular complexity index is 254. The Balaban J connectivity index is 4.53. The van der Waals surface area contributed by atoms with Crippen LogP contribution in [0.4, 0.5) is 0 Å². The van der Waals surface area contributed by atoms with E-state index in [0.717, 1.165) is 0 Å². The van der Waals surface area contributed by atoms with E-state index in [1.165, 1.54) is 21.0 Å². The molecule has 0 amide bonds. The summed E-state index contributed by atoms with van der Waals surface area (Å²) in [5.74, 6) is -0.800. The third-order valence-corrected chi connectivity index (χ3v) is 2.45. The average molecular weight is 246 g/mol. The van der Waals surface area contributed by atoms with Crippen molar-refractivity contribution in [2.24, 2.45) is 5.41 Å². The van der Waals surface area contributed by atoms with E-state index in [4.69, 9.17) is 9.47 Å². The third-order valence-electron chi connectivity index (χ3n) is 2.45. The van der Waals surface area contributed by atoms with E-state index in [-0.39, 0.29) is 12.2 Å². The lowest BCUT2D eigenvalue weighted by molar-refractivity contribution is -0.165. The molecule has 0 aromatic rings. The van der Waals surface area contributed by atoms with Gasteiger partial charge in [-0.25, -0.2) is 0 Å². The van der Waals surface area contributed by atoms with E-state index in [1.54, 1.807) is 0 Å². The minimum absolute atomic E-state index is 0.0454. The maximum Gasteiger partial charge on any atom is 0.318 e. The van der Waals surface area contributed by atoms with Gasteiger partial charge in [-0.2, -0.15) is 0 Å². The fourth-order valence-electron chi connectivity index (χ4n) is 1.31. The lowest BCUT2D eigenvalue weighted by Gasteiger charge is -2.23. The van der Waals surface area contributed by atoms with E-state index in [1.807, 2.05) is 13.8 Å². The molecular formula is C12H22O5. The van der Waals surface area contributed by atoms with Crippen molar-refractivity contribution in [2.45, 2.75) is 40.4 Å². The molecule has 0 bridgehead atoms. The summed E-state index contributed by atoms with van der Waals surface area (Å²) < 4.78 is 15.1. The zero-order chi connectivity index (χ0) is 13.5. The third kappa shape index (κ3) is 4.83. The summed E-state index contributed by atoms with van der Waals surface area (Å²) in [7, 11) is 1.26. The average Bonchev–Trinajstić information content (AvgIpc) is 2.28. The molecule has 0 rings (SSSR count). The second-order valence-corrected chi connectivity index (χ2v) is 4.08. The predicted octanol–water partition coefficient (Wildman–Crippen LogP) is 1.54. The van der Waals surface area contributed by atoms with Crippen molar-refractivity contribution in [2.75, 3.05) is 20.3 Å². The van der Waals surface area contributed by atoms with Gasteiger partial charge in [0.2, 0.25) is 0 Å². The summed E-state index contributed by atoms with van der Waals surface area (Å²) in [5, 5.41) is 0. The van der Waals surface area contributed by atoms with Crippen LogP contribution in [0, 0.1) is 5.41 Å². The maximum absolute atomic E-state index is 12.0. The normalized spacial score (nSPS) is 11.6. The van der Waals surface area contributed by atoms with Gasteiger partial charge in [0.1, 0.15) is 5.41 Å². The number of methoxy groups -OCH3 is 1. The summed E-state index contributed by atoms with van der Waals surface area (Å²) in [4.78, 5) is 23.4. The standard InChI is InChI=1S/C12H22O5/c1-6-16-10(17-7-2)8-9(13)12(3,4)11(14)15-5/h10H,6-8H2,1-5H3. The smallest absolute Gasteiger partial charge is 0.318 e. The SMILES string of the molecule is CCOC(CC(=O)C(C)(C)C(=O)OC)OCC. The molecule has 0 N–H and O–H groups in total. The van der Waals surface area contributed by atoms with E-state index in [0.29, 0.717) is 13.2 Å². The van der Waals surface area contributed by atoms with Crippen LogP contribution in [0.25, 0.3) is 0 Å². The van der Waals surface area contributed by atoms with Crippen LogP contribution >= 0.6 is 0 Å². The molecule has 0 saturated carbocycles. The molecule has 0 aliphatic heterocycles. The van der Waals surface area contributed by atoms with Crippen molar-refractivity contribution in [1.29, 1.82) is 0 Å². The summed E-state index contributed by atoms with van der Waals surface area (Å²) in [6, 6.07) is 0. The van der Waals surface area contributed by atoms with Crippen LogP contribution in [0.1, 0.15) is 34.1 Å². The number of ketones is 1. The van der Waals surface area contributed by atoms with Gasteiger partial charge >= 0.3 is 5.97 Å². The molecule has 0 aliphatic rings. The summed E-state index contributed by atoms with van der Waals surface area (Å²) in [6.45, 7) is 7.63. The van der Waals surface area contributed by atoms with Crippen LogP contribution in [-0.4, -0.2) is 38.4 Å². The van der Waals surface area contributed by atoms with E-state index >= 15 is 0 Å². The number of carbonyl (C=O) groups excluding carboxylic acids is 2. The first-order chi connectivity index (χ1) is 7.89. The summed E-state index contributed by atoms with van der Waals surface area (Å²) >= 11 is 0. The molecule has 100 valence electrons. The lowest BCUT2D eigenvalue weighted by atomic mass is 9.86. The number of Topliss-reactive ketones (excluding diaryl/α,β-unsaturated/α-hetero) is 1. The Morgan fingerprint density at radius 3 is 1.94 bits per heavy atom. The second-order valence-electron chi connectivity index (χ2n) is 4.08. The zero-order valence-corrected chi connectivity index (χ0v) is 11.2. The van der Waals surface area contributed by atoms with Gasteiger partial charge in [0, 0.05) is 13.2 Å². The van der Waals surface area contributed by atoms with Crippen molar-refractivity contribution >= 4 is 11.8 Å². The Kier molecular flexibility index (Phi) is 6.99. The van der Waals surface area contributed by atoms with Crippen LogP contribution in [0.3, 0.4) is 0 Å². The first-order valence-corrected chi connectivity index (χ1v) is 5.75. The van der Waals surface area contributed by atoms with Crippen molar-refractivity contribution in [3.05, 3.63) is 0 Å². The van der Waals surface area contributed by atoms with Gasteiger partial charge in [0.25, 0.3) is 0 Å². The monoisotopic (exact) mass is 246 g/mol. The molecule has 0 aromatic carbocycles. The Hall–Kier alpha value is -0.940. The van der Waals surface area contributed by atoms with Gasteiger partial charge in [-0.3, -0.25) is 9.59 Å². The maximum atomic E-state index is 12.0. The van der Waals surface area contributed by atoms with Crippen molar-refractivity contribution in [3.63, 3.8) is 0 Å². The Labute approximate surface area is 102 Å². The van der Waals surface area contributed by atoms with Crippen molar-refractivity contribution < 1.29 is 23.8 Å². The minimum atomic E-state index is -1.17. The highest BCUT2D eigenvalue weighted by Gasteiger charge is 2.38. The number of carbonyl (C=O) groups is 2. The molecular weight excluding hydrogens is 224 g/mol. The molecule has 17 heavy (non-hydrogen) atoms. The topological polar surface area (TPSA) is 61.8 Å². The molecule has 5 heteroatoms. The van der Waals surface area contributed by atoms with E-state index in [2.05, 4.69) is 4.74 Å². The van der Waals surface area contributed by atoms with Gasteiger partial charge < -0.3 is 14.2 Å². The van der Waals surface area contributed by atoms with Crippen LogP contribution in [0.2, 0.25) is 0 Å². The van der Waals surface area contributed by atoms with Gasteiger partial charge in [-0.1, -0.05) is 0 Å². The predicted molar refractivity (Wildman–Crippen MR) is 62.5 cm³/mol. The number of hydrogen-bond acceptors (Lipinski definition) is 5. The number of rotatable bonds is 8. The highest BCUT2D eigenvalue weighted by Crippen LogP contribution is 2.22. The Morgan fingerprint density at radius 2 is 1.59 bits per heavy atom. The van der Waals surface area contributed by atoms with Gasteiger partial charge in [0.05, 0.1) is 13.5 Å². The molecule has 0 heterocycles. The first-order valence-electron chi connectivity index (χ1n) is 5.75. The largest absolute Gasteiger partial charge is 0.468 e. The molecule has 0 atom stereocenters. The van der Waals surface area contributed by atoms with E-state index < -0.39 is 17.7 Å². The molecule has 0 saturated heterocycles. The fourth-order valence-corrected chi connectivity index (χ4v) is 1.31. The number of hydrogen-bond donors (Lipinski definition) is 0. The Morgan fingerprint density at radius 1 is 1.12 bits per heavy atom.